The highest BCUT2D eigenvalue weighted by Gasteiger charge is 2.68. The molecule has 5 rings (SSSR count). The third-order valence-corrected chi connectivity index (χ3v) is 9.09. The van der Waals surface area contributed by atoms with Crippen molar-refractivity contribution in [1.82, 2.24) is 14.8 Å². The summed E-state index contributed by atoms with van der Waals surface area (Å²) >= 11 is 6.52. The summed E-state index contributed by atoms with van der Waals surface area (Å²) in [5, 5.41) is 9.09. The highest BCUT2D eigenvalue weighted by atomic mass is 35.5. The summed E-state index contributed by atoms with van der Waals surface area (Å²) in [5.74, 6) is -5.24. The third-order valence-electron chi connectivity index (χ3n) is 8.77. The summed E-state index contributed by atoms with van der Waals surface area (Å²) in [6, 6.07) is 5.72. The molecule has 7 nitrogen and oxygen atoms in total. The Labute approximate surface area is 254 Å². The number of allylic oxidation sites excluding steroid dienone is 1. The number of hydrogen-bond donors (Lipinski definition) is 1. The Balaban J connectivity index is 1.45. The van der Waals surface area contributed by atoms with Gasteiger partial charge in [0.05, 0.1) is 23.6 Å². The molecule has 2 fully saturated rings. The van der Waals surface area contributed by atoms with Gasteiger partial charge in [-0.25, -0.2) is 9.78 Å². The number of likely N-dealkylation sites (N-methyl/N-ethyl adjacent to an activating group) is 2. The fraction of sp³-hybridized carbons (Fsp3) is 0.400. The average Bonchev–Trinajstić information content (AvgIpc) is 3.37. The molecule has 1 aliphatic carbocycles. The summed E-state index contributed by atoms with van der Waals surface area (Å²) in [6.45, 7) is 6.92. The maximum atomic E-state index is 15.1. The van der Waals surface area contributed by atoms with Crippen LogP contribution in [-0.4, -0.2) is 58.3 Å². The predicted octanol–water partition coefficient (Wildman–Crippen LogP) is 7.68. The molecule has 2 aromatic rings. The number of carbonyl (C=O) groups is 1. The predicted molar refractivity (Wildman–Crippen MR) is 148 cm³/mol. The van der Waals surface area contributed by atoms with E-state index in [1.165, 1.54) is 25.1 Å². The van der Waals surface area contributed by atoms with Crippen LogP contribution in [0.15, 0.2) is 66.3 Å². The fourth-order valence-electron chi connectivity index (χ4n) is 6.40. The van der Waals surface area contributed by atoms with E-state index in [4.69, 9.17) is 26.2 Å². The summed E-state index contributed by atoms with van der Waals surface area (Å²) in [7, 11) is 3.54. The lowest BCUT2D eigenvalue weighted by atomic mass is 9.66. The molecule has 3 aliphatic rings. The maximum absolute atomic E-state index is 15.1. The van der Waals surface area contributed by atoms with Gasteiger partial charge >= 0.3 is 18.3 Å². The Morgan fingerprint density at radius 2 is 1.73 bits per heavy atom. The highest BCUT2D eigenvalue weighted by molar-refractivity contribution is 6.31. The molecule has 3 heterocycles. The second-order valence-corrected chi connectivity index (χ2v) is 11.6. The first-order chi connectivity index (χ1) is 20.4. The Hall–Kier alpha value is -3.71. The first-order valence-corrected chi connectivity index (χ1v) is 13.9. The van der Waals surface area contributed by atoms with Crippen molar-refractivity contribution in [2.75, 3.05) is 20.7 Å². The van der Waals surface area contributed by atoms with Crippen LogP contribution < -0.4 is 4.74 Å². The first kappa shape index (κ1) is 31.7. The molecule has 44 heavy (non-hydrogen) atoms. The molecule has 14 heteroatoms. The summed E-state index contributed by atoms with van der Waals surface area (Å²) in [5.41, 5.74) is -3.50. The Morgan fingerprint density at radius 3 is 2.30 bits per heavy atom. The van der Waals surface area contributed by atoms with E-state index in [1.54, 1.807) is 38.1 Å². The van der Waals surface area contributed by atoms with E-state index in [-0.39, 0.29) is 17.4 Å². The number of aromatic carboxylic acids is 1. The van der Waals surface area contributed by atoms with E-state index >= 15 is 13.2 Å². The van der Waals surface area contributed by atoms with E-state index in [0.717, 1.165) is 11.8 Å². The molecular weight excluding hydrogens is 616 g/mol. The Morgan fingerprint density at radius 1 is 1.09 bits per heavy atom. The molecule has 0 spiro atoms. The second kappa shape index (κ2) is 10.7. The van der Waals surface area contributed by atoms with Gasteiger partial charge in [-0.05, 0) is 29.7 Å². The Kier molecular flexibility index (Phi) is 7.73. The van der Waals surface area contributed by atoms with Crippen LogP contribution in [-0.2, 0) is 10.9 Å². The van der Waals surface area contributed by atoms with Gasteiger partial charge in [0, 0.05) is 42.9 Å². The molecule has 236 valence electrons. The average molecular weight is 644 g/mol. The molecule has 5 atom stereocenters. The Bertz CT molecular complexity index is 1590. The monoisotopic (exact) mass is 643 g/mol. The van der Waals surface area contributed by atoms with Gasteiger partial charge in [-0.1, -0.05) is 50.2 Å². The largest absolute Gasteiger partial charge is 0.478 e. The third kappa shape index (κ3) is 4.99. The lowest BCUT2D eigenvalue weighted by Gasteiger charge is -2.44. The van der Waals surface area contributed by atoms with Crippen LogP contribution in [0.3, 0.4) is 0 Å². The van der Waals surface area contributed by atoms with Crippen LogP contribution in [0.2, 0.25) is 5.02 Å². The molecule has 0 bridgehead atoms. The van der Waals surface area contributed by atoms with Gasteiger partial charge in [-0.2, -0.15) is 26.3 Å². The molecule has 2 saturated heterocycles. The number of carboxylic acid groups (broad SMARTS) is 1. The number of rotatable bonds is 5. The molecule has 1 aromatic carbocycles. The van der Waals surface area contributed by atoms with Gasteiger partial charge in [-0.3, -0.25) is 0 Å². The minimum Gasteiger partial charge on any atom is -0.478 e. The zero-order valence-electron chi connectivity index (χ0n) is 23.9. The number of pyridine rings is 1. The van der Waals surface area contributed by atoms with E-state index < -0.39 is 64.7 Å². The van der Waals surface area contributed by atoms with Crippen LogP contribution in [0.1, 0.15) is 41.4 Å². The lowest BCUT2D eigenvalue weighted by molar-refractivity contribution is -0.291. The summed E-state index contributed by atoms with van der Waals surface area (Å²) in [6.07, 6.45) is -6.40. The summed E-state index contributed by atoms with van der Waals surface area (Å²) in [4.78, 5) is 18.1. The zero-order valence-corrected chi connectivity index (χ0v) is 24.7. The quantitative estimate of drug-likeness (QED) is 0.335. The van der Waals surface area contributed by atoms with Gasteiger partial charge in [0.1, 0.15) is 11.6 Å². The maximum Gasteiger partial charge on any atom is 0.434 e. The van der Waals surface area contributed by atoms with Crippen molar-refractivity contribution in [3.8, 4) is 11.6 Å². The molecule has 1 aromatic heterocycles. The van der Waals surface area contributed by atoms with Crippen LogP contribution in [0.25, 0.3) is 0 Å². The van der Waals surface area contributed by atoms with Crippen LogP contribution in [0, 0.1) is 17.8 Å². The lowest BCUT2D eigenvalue weighted by Crippen LogP contribution is -2.57. The van der Waals surface area contributed by atoms with Crippen molar-refractivity contribution < 1.29 is 45.7 Å². The number of nitrogens with zero attached hydrogens (tertiary/aromatic N) is 3. The number of alkyl halides is 6. The standard InChI is InChI=1S/C30H28ClF6N3O4/c1-14-10-23-24(40(5)16(3)39(23)4)12-21(14)28(30(35,36)37)15(2)20(13-43-28)18-7-6-17(11-22(18)31)44-25-9-8-19(27(41)42)26(38-25)29(32,33)34/h6-12,14-15,20-21H,3,13H2,1-2,4-5H3,(H,41,42). The van der Waals surface area contributed by atoms with Crippen LogP contribution in [0.4, 0.5) is 26.3 Å². The molecule has 0 saturated carbocycles. The van der Waals surface area contributed by atoms with Crippen LogP contribution in [0.5, 0.6) is 11.6 Å². The fourth-order valence-corrected chi connectivity index (χ4v) is 6.71. The zero-order chi connectivity index (χ0) is 32.5. The van der Waals surface area contributed by atoms with E-state index in [0.29, 0.717) is 23.1 Å². The molecule has 0 radical (unpaired) electrons. The van der Waals surface area contributed by atoms with Gasteiger partial charge in [0.25, 0.3) is 0 Å². The molecular formula is C30H28ClF6N3O4. The topological polar surface area (TPSA) is 75.1 Å². The SMILES string of the molecule is C=C1N(C)C2=CC(C)C(C3(C(F)(F)F)OCC(c4ccc(Oc5ccc(C(=O)O)c(C(F)(F)F)n5)cc4Cl)C3C)C=C2N1C. The van der Waals surface area contributed by atoms with E-state index in [1.807, 2.05) is 4.90 Å². The van der Waals surface area contributed by atoms with Crippen molar-refractivity contribution in [3.05, 3.63) is 88.1 Å². The minimum absolute atomic E-state index is 0.0183. The highest BCUT2D eigenvalue weighted by Crippen LogP contribution is 2.58. The molecule has 2 aliphatic heterocycles. The first-order valence-electron chi connectivity index (χ1n) is 13.5. The molecule has 1 N–H and O–H groups in total. The number of ether oxygens (including phenoxy) is 2. The van der Waals surface area contributed by atoms with Crippen molar-refractivity contribution >= 4 is 17.6 Å². The number of aromatic nitrogens is 1. The number of hydrogen-bond acceptors (Lipinski definition) is 6. The number of carboxylic acids is 1. The summed E-state index contributed by atoms with van der Waals surface area (Å²) < 4.78 is 96.6. The normalized spacial score (nSPS) is 27.3. The van der Waals surface area contributed by atoms with Gasteiger partial charge in [0.15, 0.2) is 11.3 Å². The van der Waals surface area contributed by atoms with Crippen molar-refractivity contribution in [3.63, 3.8) is 0 Å². The number of fused-ring (bicyclic) bond motifs is 1. The van der Waals surface area contributed by atoms with Gasteiger partial charge < -0.3 is 24.4 Å². The van der Waals surface area contributed by atoms with E-state index in [9.17, 15) is 18.0 Å². The van der Waals surface area contributed by atoms with Gasteiger partial charge in [0.2, 0.25) is 5.88 Å². The molecule has 0 amide bonds. The molecule has 5 unspecified atom stereocenters. The van der Waals surface area contributed by atoms with E-state index in [2.05, 4.69) is 11.6 Å². The minimum atomic E-state index is -5.06. The number of halogens is 7. The van der Waals surface area contributed by atoms with Gasteiger partial charge in [-0.15, -0.1) is 0 Å². The van der Waals surface area contributed by atoms with Crippen molar-refractivity contribution in [1.29, 1.82) is 0 Å². The van der Waals surface area contributed by atoms with Crippen molar-refractivity contribution in [2.24, 2.45) is 17.8 Å². The second-order valence-electron chi connectivity index (χ2n) is 11.2. The smallest absolute Gasteiger partial charge is 0.434 e. The van der Waals surface area contributed by atoms with Crippen molar-refractivity contribution in [2.45, 2.75) is 37.7 Å². The van der Waals surface area contributed by atoms with Crippen LogP contribution >= 0.6 is 11.6 Å². The number of benzene rings is 1.